The molecule has 0 aliphatic carbocycles. The van der Waals surface area contributed by atoms with Gasteiger partial charge < -0.3 is 90.0 Å². The summed E-state index contributed by atoms with van der Waals surface area (Å²) in [5.41, 5.74) is 12.8. The van der Waals surface area contributed by atoms with Crippen LogP contribution in [-0.4, -0.2) is 181 Å². The van der Waals surface area contributed by atoms with E-state index in [-0.39, 0.29) is 48.7 Å². The van der Waals surface area contributed by atoms with Crippen LogP contribution in [-0.2, 0) is 78.4 Å². The summed E-state index contributed by atoms with van der Waals surface area (Å²) >= 11 is 1.28. The van der Waals surface area contributed by atoms with Gasteiger partial charge in [-0.2, -0.15) is 11.8 Å². The number of primary amides is 1. The van der Waals surface area contributed by atoms with Gasteiger partial charge in [0.25, 0.3) is 0 Å². The van der Waals surface area contributed by atoms with Crippen molar-refractivity contribution in [3.8, 4) is 17.2 Å². The summed E-state index contributed by atoms with van der Waals surface area (Å²) in [5, 5.41) is 82.3. The number of phenolic OH excluding ortho intramolecular Hbond substituents is 3. The molecule has 0 fully saturated rings. The number of phenols is 3. The van der Waals surface area contributed by atoms with Gasteiger partial charge in [-0.1, -0.05) is 66.7 Å². The molecule has 4 aromatic carbocycles. The highest BCUT2D eigenvalue weighted by atomic mass is 32.2. The van der Waals surface area contributed by atoms with Gasteiger partial charge in [0.2, 0.25) is 59.1 Å². The Kier molecular flexibility index (Phi) is 27.7. The smallest absolute Gasteiger partial charge is 0.326 e. The third-order valence-corrected chi connectivity index (χ3v) is 13.7. The Morgan fingerprint density at radius 3 is 1.29 bits per heavy atom. The first-order valence-corrected chi connectivity index (χ1v) is 28.3. The maximum Gasteiger partial charge on any atom is 0.326 e. The molecule has 0 heterocycles. The van der Waals surface area contributed by atoms with Crippen LogP contribution in [0.3, 0.4) is 0 Å². The Morgan fingerprint density at radius 1 is 0.465 bits per heavy atom. The number of thioether (sulfide) groups is 1. The van der Waals surface area contributed by atoms with E-state index in [0.29, 0.717) is 22.3 Å². The van der Waals surface area contributed by atoms with E-state index in [4.69, 9.17) is 11.5 Å². The highest BCUT2D eigenvalue weighted by molar-refractivity contribution is 7.98. The average molecular weight is 1220 g/mol. The fourth-order valence-corrected chi connectivity index (χ4v) is 8.80. The van der Waals surface area contributed by atoms with Crippen molar-refractivity contribution in [1.29, 1.82) is 0 Å². The zero-order valence-electron chi connectivity index (χ0n) is 47.2. The third-order valence-electron chi connectivity index (χ3n) is 13.0. The molecular weight excluding hydrogens is 1140 g/mol. The van der Waals surface area contributed by atoms with Gasteiger partial charge in [0.1, 0.15) is 71.6 Å². The molecule has 0 unspecified atom stereocenters. The minimum atomic E-state index is -1.93. The molecular formula is C57H73N11O17S. The molecule has 19 N–H and O–H groups in total. The SMILES string of the molecule is CSCC[C@H](NC(=O)[C@H](CC(N)=O)NC(=O)[C@H](Cc1ccc(O)cc1)NC(=O)[C@H](CO)NC(=O)[C@@H](NC(=O)[C@H](Cc1ccccc1)NC(=O)[C@H](C)NC(=O)[C@H](Cc1ccc(O)cc1)NC(=O)CN)[C@@H](C)O)C(=O)N[C@@H](Cc1ccc(O)cc1)C(=O)O. The minimum Gasteiger partial charge on any atom is -0.508 e. The molecule has 86 heavy (non-hydrogen) atoms. The lowest BCUT2D eigenvalue weighted by Crippen LogP contribution is -2.63. The Bertz CT molecular complexity index is 2980. The lowest BCUT2D eigenvalue weighted by atomic mass is 10.0. The molecule has 4 aromatic rings. The molecule has 0 saturated heterocycles. The number of hydrogen-bond donors (Lipinski definition) is 17. The van der Waals surface area contributed by atoms with Gasteiger partial charge in [-0.15, -0.1) is 0 Å². The first kappa shape index (κ1) is 69.2. The monoisotopic (exact) mass is 1220 g/mol. The van der Waals surface area contributed by atoms with Crippen molar-refractivity contribution in [2.24, 2.45) is 11.5 Å². The number of nitrogens with one attached hydrogen (secondary N) is 9. The molecule has 0 saturated carbocycles. The fourth-order valence-electron chi connectivity index (χ4n) is 8.33. The number of aliphatic hydroxyl groups is 2. The van der Waals surface area contributed by atoms with Crippen LogP contribution >= 0.6 is 11.8 Å². The van der Waals surface area contributed by atoms with Gasteiger partial charge in [-0.25, -0.2) is 4.79 Å². The number of aromatic hydroxyl groups is 3. The van der Waals surface area contributed by atoms with Gasteiger partial charge in [-0.05, 0) is 90.9 Å². The van der Waals surface area contributed by atoms with Gasteiger partial charge >= 0.3 is 5.97 Å². The second-order valence-corrected chi connectivity index (χ2v) is 20.9. The molecule has 28 nitrogen and oxygen atoms in total. The van der Waals surface area contributed by atoms with Crippen LogP contribution in [0.15, 0.2) is 103 Å². The molecule has 0 spiro atoms. The predicted molar refractivity (Wildman–Crippen MR) is 311 cm³/mol. The number of aliphatic carboxylic acids is 1. The summed E-state index contributed by atoms with van der Waals surface area (Å²) < 4.78 is 0. The van der Waals surface area contributed by atoms with Crippen LogP contribution < -0.4 is 59.3 Å². The van der Waals surface area contributed by atoms with Gasteiger partial charge in [0.15, 0.2) is 0 Å². The molecule has 0 radical (unpaired) electrons. The topological polar surface area (TPSA) is 469 Å². The molecule has 464 valence electrons. The van der Waals surface area contributed by atoms with Crippen molar-refractivity contribution in [2.75, 3.05) is 25.2 Å². The first-order chi connectivity index (χ1) is 40.8. The third kappa shape index (κ3) is 23.0. The van der Waals surface area contributed by atoms with Crippen LogP contribution in [0.25, 0.3) is 0 Å². The van der Waals surface area contributed by atoms with Crippen molar-refractivity contribution in [3.63, 3.8) is 0 Å². The van der Waals surface area contributed by atoms with Gasteiger partial charge in [0.05, 0.1) is 25.7 Å². The predicted octanol–water partition coefficient (Wildman–Crippen LogP) is -3.50. The van der Waals surface area contributed by atoms with E-state index in [2.05, 4.69) is 47.9 Å². The number of amides is 10. The second kappa shape index (κ2) is 34.5. The normalized spacial score (nSPS) is 14.4. The summed E-state index contributed by atoms with van der Waals surface area (Å²) in [4.78, 5) is 148. The Balaban J connectivity index is 1.53. The van der Waals surface area contributed by atoms with E-state index in [1.165, 1.54) is 91.5 Å². The van der Waals surface area contributed by atoms with E-state index in [1.54, 1.807) is 36.6 Å². The van der Waals surface area contributed by atoms with Crippen LogP contribution in [0.1, 0.15) is 48.9 Å². The van der Waals surface area contributed by atoms with E-state index in [9.17, 15) is 83.4 Å². The largest absolute Gasteiger partial charge is 0.508 e. The van der Waals surface area contributed by atoms with Crippen molar-refractivity contribution in [3.05, 3.63) is 125 Å². The zero-order chi connectivity index (χ0) is 63.6. The average Bonchev–Trinajstić information content (AvgIpc) is 3.60. The number of benzene rings is 4. The number of carboxylic acids is 1. The molecule has 4 rings (SSSR count). The summed E-state index contributed by atoms with van der Waals surface area (Å²) in [6.45, 7) is 0.790. The van der Waals surface area contributed by atoms with Crippen molar-refractivity contribution in [2.45, 2.75) is 113 Å². The number of aliphatic hydroxyl groups excluding tert-OH is 2. The zero-order valence-corrected chi connectivity index (χ0v) is 48.0. The van der Waals surface area contributed by atoms with Crippen molar-refractivity contribution >= 4 is 76.8 Å². The molecule has 0 bridgehead atoms. The number of carbonyl (C=O) groups is 11. The van der Waals surface area contributed by atoms with Crippen LogP contribution in [0.4, 0.5) is 0 Å². The number of nitrogens with two attached hydrogens (primary N) is 2. The van der Waals surface area contributed by atoms with Gasteiger partial charge in [-0.3, -0.25) is 47.9 Å². The van der Waals surface area contributed by atoms with E-state index in [0.717, 1.165) is 6.92 Å². The number of carboxylic acid groups (broad SMARTS) is 1. The summed E-state index contributed by atoms with van der Waals surface area (Å²) in [6.07, 6.45) is -1.84. The Labute approximate surface area is 498 Å². The summed E-state index contributed by atoms with van der Waals surface area (Å²) in [5.74, 6) is -11.7. The van der Waals surface area contributed by atoms with E-state index < -0.39 is 152 Å². The molecule has 29 heteroatoms. The summed E-state index contributed by atoms with van der Waals surface area (Å²) in [7, 11) is 0. The lowest BCUT2D eigenvalue weighted by Gasteiger charge is -2.28. The molecule has 0 aliphatic heterocycles. The van der Waals surface area contributed by atoms with E-state index >= 15 is 0 Å². The number of carbonyl (C=O) groups excluding carboxylic acids is 10. The van der Waals surface area contributed by atoms with Crippen LogP contribution in [0.5, 0.6) is 17.2 Å². The second-order valence-electron chi connectivity index (χ2n) is 19.9. The van der Waals surface area contributed by atoms with Crippen LogP contribution in [0, 0.1) is 0 Å². The fraction of sp³-hybridized carbons (Fsp3) is 0.386. The molecule has 10 amide bonds. The Morgan fingerprint density at radius 2 is 0.837 bits per heavy atom. The Hall–Kier alpha value is -9.32. The van der Waals surface area contributed by atoms with Crippen molar-refractivity contribution in [1.82, 2.24) is 47.9 Å². The highest BCUT2D eigenvalue weighted by Crippen LogP contribution is 2.16. The van der Waals surface area contributed by atoms with E-state index in [1.807, 2.05) is 0 Å². The number of rotatable bonds is 34. The highest BCUT2D eigenvalue weighted by Gasteiger charge is 2.37. The van der Waals surface area contributed by atoms with Crippen molar-refractivity contribution < 1.29 is 83.4 Å². The minimum absolute atomic E-state index is 0.0444. The molecule has 0 aliphatic rings. The standard InChI is InChI=1S/C57H73N11O17S/c1-30(60-51(78)40(61-47(75)28-58)24-33-9-15-36(71)16-10-33)49(76)63-42(23-32-7-5-4-6-8-32)54(81)68-48(31(2)70)56(83)67-45(29-69)55(82)64-41(25-34-11-17-37(72)18-12-34)52(79)65-43(27-46(59)74)53(80)62-39(21-22-86-3)50(77)66-44(57(84)85)26-35-13-19-38(73)20-14-35/h4-20,30-31,39-45,48,69-73H,21-29,58H2,1-3H3,(H2,59,74)(H,60,78)(H,61,75)(H,62,80)(H,63,76)(H,64,82)(H,65,79)(H,66,77)(H,67,83)(H,68,81)(H,84,85)/t30-,31+,39-,40-,41-,42-,43-,44-,45-,48-/m0/s1. The summed E-state index contributed by atoms with van der Waals surface area (Å²) in [6, 6.07) is 10.5. The number of hydrogen-bond acceptors (Lipinski definition) is 18. The lowest BCUT2D eigenvalue weighted by molar-refractivity contribution is -0.142. The maximum atomic E-state index is 14.2. The molecule has 0 aromatic heterocycles. The quantitative estimate of drug-likeness (QED) is 0.0216. The molecule has 10 atom stereocenters. The van der Waals surface area contributed by atoms with Gasteiger partial charge in [0, 0.05) is 25.7 Å². The maximum absolute atomic E-state index is 14.2. The first-order valence-electron chi connectivity index (χ1n) is 26.9. The van der Waals surface area contributed by atoms with Crippen LogP contribution in [0.2, 0.25) is 0 Å².